The molecule has 0 bridgehead atoms. The second-order valence-electron chi connectivity index (χ2n) is 4.58. The first-order valence-corrected chi connectivity index (χ1v) is 8.28. The summed E-state index contributed by atoms with van der Waals surface area (Å²) in [6, 6.07) is 3.82. The Bertz CT molecular complexity index is 657. The molecule has 1 atom stereocenters. The van der Waals surface area contributed by atoms with E-state index in [0.717, 1.165) is 0 Å². The number of nitrogens with one attached hydrogen (secondary N) is 2. The Kier molecular flexibility index (Phi) is 5.82. The summed E-state index contributed by atoms with van der Waals surface area (Å²) in [4.78, 5) is 11.8. The van der Waals surface area contributed by atoms with Crippen LogP contribution in [0.3, 0.4) is 0 Å². The summed E-state index contributed by atoms with van der Waals surface area (Å²) < 4.78 is 27.1. The number of amides is 1. The van der Waals surface area contributed by atoms with Crippen molar-refractivity contribution in [1.82, 2.24) is 10.0 Å². The number of thiocarbonyl (C=S) groups is 1. The van der Waals surface area contributed by atoms with Gasteiger partial charge in [-0.05, 0) is 32.4 Å². The molecule has 1 amide bonds. The Balaban J connectivity index is 3.11. The third-order valence-electron chi connectivity index (χ3n) is 2.84. The van der Waals surface area contributed by atoms with Crippen molar-refractivity contribution in [2.24, 2.45) is 5.73 Å². The zero-order chi connectivity index (χ0) is 16.2. The molecule has 0 fully saturated rings. The first-order valence-electron chi connectivity index (χ1n) is 6.39. The summed E-state index contributed by atoms with van der Waals surface area (Å²) in [5, 5.41) is 2.56. The normalized spacial score (nSPS) is 12.7. The molecule has 21 heavy (non-hydrogen) atoms. The van der Waals surface area contributed by atoms with Crippen LogP contribution in [0.15, 0.2) is 23.1 Å². The van der Waals surface area contributed by atoms with Crippen molar-refractivity contribution in [3.63, 3.8) is 0 Å². The lowest BCUT2D eigenvalue weighted by molar-refractivity contribution is -0.122. The molecule has 1 aromatic rings. The zero-order valence-electron chi connectivity index (χ0n) is 12.1. The van der Waals surface area contributed by atoms with Gasteiger partial charge in [0.05, 0.1) is 10.9 Å². The van der Waals surface area contributed by atoms with Crippen LogP contribution >= 0.6 is 12.2 Å². The molecule has 4 N–H and O–H groups in total. The second kappa shape index (κ2) is 6.97. The number of hydrogen-bond acceptors (Lipinski definition) is 4. The maximum atomic E-state index is 12.4. The first-order chi connectivity index (χ1) is 9.69. The smallest absolute Gasteiger partial charge is 0.241 e. The molecule has 0 aliphatic carbocycles. The number of hydrogen-bond donors (Lipinski definition) is 3. The fourth-order valence-electron chi connectivity index (χ4n) is 1.72. The van der Waals surface area contributed by atoms with Gasteiger partial charge in [0.15, 0.2) is 0 Å². The van der Waals surface area contributed by atoms with Gasteiger partial charge in [-0.2, -0.15) is 4.72 Å². The number of rotatable bonds is 6. The Morgan fingerprint density at radius 3 is 2.57 bits per heavy atom. The zero-order valence-corrected chi connectivity index (χ0v) is 13.8. The van der Waals surface area contributed by atoms with Gasteiger partial charge in [-0.3, -0.25) is 4.79 Å². The third kappa shape index (κ3) is 4.48. The van der Waals surface area contributed by atoms with Crippen molar-refractivity contribution in [3.05, 3.63) is 29.3 Å². The van der Waals surface area contributed by atoms with Gasteiger partial charge >= 0.3 is 0 Å². The maximum absolute atomic E-state index is 12.4. The van der Waals surface area contributed by atoms with Crippen LogP contribution in [0.2, 0.25) is 0 Å². The van der Waals surface area contributed by atoms with Gasteiger partial charge in [0, 0.05) is 12.1 Å². The van der Waals surface area contributed by atoms with Crippen molar-refractivity contribution in [2.75, 3.05) is 6.54 Å². The Labute approximate surface area is 130 Å². The number of sulfonamides is 1. The summed E-state index contributed by atoms with van der Waals surface area (Å²) in [6.45, 7) is 5.33. The third-order valence-corrected chi connectivity index (χ3v) is 4.76. The van der Waals surface area contributed by atoms with Gasteiger partial charge < -0.3 is 11.1 Å². The highest BCUT2D eigenvalue weighted by Crippen LogP contribution is 2.17. The van der Waals surface area contributed by atoms with E-state index in [1.807, 2.05) is 0 Å². The van der Waals surface area contributed by atoms with E-state index in [4.69, 9.17) is 18.0 Å². The molecule has 8 heteroatoms. The van der Waals surface area contributed by atoms with Crippen LogP contribution in [-0.2, 0) is 14.8 Å². The predicted molar refractivity (Wildman–Crippen MR) is 85.5 cm³/mol. The van der Waals surface area contributed by atoms with Gasteiger partial charge in [-0.15, -0.1) is 0 Å². The average molecular weight is 329 g/mol. The molecular formula is C13H19N3O3S2. The van der Waals surface area contributed by atoms with Gasteiger partial charge in [0.25, 0.3) is 0 Å². The molecule has 0 aromatic heterocycles. The van der Waals surface area contributed by atoms with Crippen LogP contribution < -0.4 is 15.8 Å². The monoisotopic (exact) mass is 329 g/mol. The largest absolute Gasteiger partial charge is 0.389 e. The van der Waals surface area contributed by atoms with Gasteiger partial charge in [0.1, 0.15) is 4.99 Å². The molecule has 1 unspecified atom stereocenters. The molecule has 0 aliphatic rings. The highest BCUT2D eigenvalue weighted by atomic mass is 32.2. The van der Waals surface area contributed by atoms with Gasteiger partial charge in [-0.1, -0.05) is 24.4 Å². The summed E-state index contributed by atoms with van der Waals surface area (Å²) in [5.74, 6) is -0.385. The summed E-state index contributed by atoms with van der Waals surface area (Å²) in [6.07, 6.45) is 0. The molecule has 0 saturated heterocycles. The van der Waals surface area contributed by atoms with Crippen molar-refractivity contribution < 1.29 is 13.2 Å². The molecule has 6 nitrogen and oxygen atoms in total. The number of aryl methyl sites for hydroxylation is 1. The number of benzene rings is 1. The molecule has 1 aromatic carbocycles. The summed E-state index contributed by atoms with van der Waals surface area (Å²) >= 11 is 4.85. The molecule has 1 rings (SSSR count). The molecule has 0 radical (unpaired) electrons. The summed E-state index contributed by atoms with van der Waals surface area (Å²) in [5.41, 5.74) is 6.52. The van der Waals surface area contributed by atoms with Crippen molar-refractivity contribution in [2.45, 2.75) is 31.7 Å². The van der Waals surface area contributed by atoms with Gasteiger partial charge in [0.2, 0.25) is 15.9 Å². The Morgan fingerprint density at radius 1 is 1.43 bits per heavy atom. The van der Waals surface area contributed by atoms with Gasteiger partial charge in [-0.25, -0.2) is 8.42 Å². The highest BCUT2D eigenvalue weighted by Gasteiger charge is 2.23. The number of nitrogens with two attached hydrogens (primary N) is 1. The van der Waals surface area contributed by atoms with E-state index < -0.39 is 16.1 Å². The van der Waals surface area contributed by atoms with E-state index >= 15 is 0 Å². The topological polar surface area (TPSA) is 101 Å². The fraction of sp³-hybridized carbons (Fsp3) is 0.385. The Hall–Kier alpha value is -1.51. The van der Waals surface area contributed by atoms with E-state index in [1.54, 1.807) is 26.0 Å². The van der Waals surface area contributed by atoms with E-state index in [2.05, 4.69) is 10.0 Å². The lowest BCUT2D eigenvalue weighted by Crippen LogP contribution is -2.44. The van der Waals surface area contributed by atoms with Crippen LogP contribution in [0, 0.1) is 6.92 Å². The molecule has 0 aliphatic heterocycles. The van der Waals surface area contributed by atoms with E-state index in [1.165, 1.54) is 13.0 Å². The minimum atomic E-state index is -3.84. The summed E-state index contributed by atoms with van der Waals surface area (Å²) in [7, 11) is -3.84. The van der Waals surface area contributed by atoms with Crippen molar-refractivity contribution >= 4 is 33.1 Å². The fourth-order valence-corrected chi connectivity index (χ4v) is 3.32. The first kappa shape index (κ1) is 17.5. The minimum Gasteiger partial charge on any atom is -0.389 e. The van der Waals surface area contributed by atoms with E-state index in [-0.39, 0.29) is 15.8 Å². The molecule has 0 heterocycles. The number of likely N-dealkylation sites (N-methyl/N-ethyl adjacent to an activating group) is 1. The molecule has 116 valence electrons. The van der Waals surface area contributed by atoms with Crippen LogP contribution in [0.25, 0.3) is 0 Å². The van der Waals surface area contributed by atoms with Crippen molar-refractivity contribution in [1.29, 1.82) is 0 Å². The van der Waals surface area contributed by atoms with Crippen LogP contribution in [0.1, 0.15) is 25.0 Å². The molecule has 0 spiro atoms. The number of carbonyl (C=O) groups excluding carboxylic acids is 1. The SMILES string of the molecule is CCNC(=O)C(C)NS(=O)(=O)c1cc(C(N)=S)ccc1C. The molecule has 0 saturated carbocycles. The van der Waals surface area contributed by atoms with Crippen LogP contribution in [-0.4, -0.2) is 31.9 Å². The highest BCUT2D eigenvalue weighted by molar-refractivity contribution is 7.89. The minimum absolute atomic E-state index is 0.0592. The second-order valence-corrected chi connectivity index (χ2v) is 6.70. The van der Waals surface area contributed by atoms with E-state index in [0.29, 0.717) is 17.7 Å². The average Bonchev–Trinajstić information content (AvgIpc) is 2.38. The van der Waals surface area contributed by atoms with Crippen LogP contribution in [0.4, 0.5) is 0 Å². The quantitative estimate of drug-likeness (QED) is 0.657. The maximum Gasteiger partial charge on any atom is 0.241 e. The standard InChI is InChI=1S/C13H19N3O3S2/c1-4-15-13(17)9(3)16-21(18,19)11-7-10(12(14)20)6-5-8(11)2/h5-7,9,16H,4H2,1-3H3,(H2,14,20)(H,15,17). The van der Waals surface area contributed by atoms with E-state index in [9.17, 15) is 13.2 Å². The van der Waals surface area contributed by atoms with Crippen LogP contribution in [0.5, 0.6) is 0 Å². The molecular weight excluding hydrogens is 310 g/mol. The lowest BCUT2D eigenvalue weighted by Gasteiger charge is -2.15. The predicted octanol–water partition coefficient (Wildman–Crippen LogP) is 0.432. The number of carbonyl (C=O) groups is 1. The Morgan fingerprint density at radius 2 is 2.05 bits per heavy atom. The lowest BCUT2D eigenvalue weighted by atomic mass is 10.1. The van der Waals surface area contributed by atoms with Crippen molar-refractivity contribution in [3.8, 4) is 0 Å².